The van der Waals surface area contributed by atoms with E-state index < -0.39 is 11.7 Å². The summed E-state index contributed by atoms with van der Waals surface area (Å²) >= 11 is 5.86. The van der Waals surface area contributed by atoms with Crippen LogP contribution in [0.3, 0.4) is 0 Å². The second-order valence-electron chi connectivity index (χ2n) is 4.34. The van der Waals surface area contributed by atoms with Crippen molar-refractivity contribution in [3.8, 4) is 0 Å². The number of anilines is 1. The Kier molecular flexibility index (Phi) is 3.50. The molecule has 0 bridgehead atoms. The lowest BCUT2D eigenvalue weighted by atomic mass is 10.2. The number of carbonyl (C=O) groups excluding carboxylic acids is 1. The Bertz CT molecular complexity index is 838. The van der Waals surface area contributed by atoms with E-state index in [4.69, 9.17) is 11.6 Å². The van der Waals surface area contributed by atoms with Crippen molar-refractivity contribution in [2.24, 2.45) is 0 Å². The van der Waals surface area contributed by atoms with E-state index in [1.807, 2.05) is 0 Å². The minimum absolute atomic E-state index is 0.0630. The van der Waals surface area contributed by atoms with E-state index in [9.17, 15) is 9.18 Å². The van der Waals surface area contributed by atoms with Crippen molar-refractivity contribution in [3.05, 3.63) is 65.2 Å². The van der Waals surface area contributed by atoms with Gasteiger partial charge in [-0.15, -0.1) is 0 Å². The van der Waals surface area contributed by atoms with Crippen LogP contribution < -0.4 is 5.32 Å². The summed E-state index contributed by atoms with van der Waals surface area (Å²) < 4.78 is 13.0. The number of rotatable bonds is 2. The Hall–Kier alpha value is -2.53. The van der Waals surface area contributed by atoms with Crippen LogP contribution in [-0.2, 0) is 0 Å². The van der Waals surface area contributed by atoms with Crippen molar-refractivity contribution < 1.29 is 9.18 Å². The molecule has 0 fully saturated rings. The van der Waals surface area contributed by atoms with Crippen LogP contribution in [0, 0.1) is 5.82 Å². The van der Waals surface area contributed by atoms with Gasteiger partial charge in [0.1, 0.15) is 5.82 Å². The predicted octanol–water partition coefficient (Wildman–Crippen LogP) is 3.67. The third-order valence-corrected chi connectivity index (χ3v) is 3.22. The van der Waals surface area contributed by atoms with Gasteiger partial charge in [-0.3, -0.25) is 14.8 Å². The zero-order valence-electron chi connectivity index (χ0n) is 10.7. The summed E-state index contributed by atoms with van der Waals surface area (Å²) in [5, 5.41) is 2.76. The molecule has 21 heavy (non-hydrogen) atoms. The van der Waals surface area contributed by atoms with Crippen LogP contribution in [-0.4, -0.2) is 15.9 Å². The Balaban J connectivity index is 1.89. The average Bonchev–Trinajstić information content (AvgIpc) is 2.47. The van der Waals surface area contributed by atoms with Crippen LogP contribution >= 0.6 is 11.6 Å². The molecule has 0 saturated heterocycles. The third kappa shape index (κ3) is 2.83. The fourth-order valence-corrected chi connectivity index (χ4v) is 2.17. The van der Waals surface area contributed by atoms with E-state index in [1.54, 1.807) is 30.6 Å². The first-order valence-electron chi connectivity index (χ1n) is 6.11. The van der Waals surface area contributed by atoms with Gasteiger partial charge < -0.3 is 5.32 Å². The number of nitrogens with zero attached hydrogens (tertiary/aromatic N) is 2. The molecule has 0 spiro atoms. The van der Waals surface area contributed by atoms with Gasteiger partial charge >= 0.3 is 0 Å². The maximum Gasteiger partial charge on any atom is 0.257 e. The van der Waals surface area contributed by atoms with Gasteiger partial charge in [0, 0.05) is 18.1 Å². The van der Waals surface area contributed by atoms with Crippen molar-refractivity contribution in [1.29, 1.82) is 0 Å². The van der Waals surface area contributed by atoms with E-state index in [1.165, 1.54) is 12.1 Å². The van der Waals surface area contributed by atoms with Gasteiger partial charge in [-0.2, -0.15) is 0 Å². The first-order valence-corrected chi connectivity index (χ1v) is 6.48. The second-order valence-corrected chi connectivity index (χ2v) is 4.75. The maximum absolute atomic E-state index is 13.0. The fraction of sp³-hybridized carbons (Fsp3) is 0. The SMILES string of the molecule is O=C(Nc1ccc2nccnc2c1)c1ccc(F)cc1Cl. The number of amides is 1. The highest BCUT2D eigenvalue weighted by molar-refractivity contribution is 6.34. The van der Waals surface area contributed by atoms with Gasteiger partial charge in [0.2, 0.25) is 0 Å². The topological polar surface area (TPSA) is 54.9 Å². The van der Waals surface area contributed by atoms with Gasteiger partial charge in [0.05, 0.1) is 21.6 Å². The molecule has 6 heteroatoms. The van der Waals surface area contributed by atoms with Gasteiger partial charge in [0.25, 0.3) is 5.91 Å². The van der Waals surface area contributed by atoms with E-state index in [-0.39, 0.29) is 10.6 Å². The molecule has 0 unspecified atom stereocenters. The average molecular weight is 302 g/mol. The minimum Gasteiger partial charge on any atom is -0.322 e. The number of benzene rings is 2. The van der Waals surface area contributed by atoms with Gasteiger partial charge in [-0.25, -0.2) is 4.39 Å². The summed E-state index contributed by atoms with van der Waals surface area (Å²) in [6.07, 6.45) is 3.17. The van der Waals surface area contributed by atoms with E-state index in [0.717, 1.165) is 11.6 Å². The van der Waals surface area contributed by atoms with Crippen LogP contribution in [0.15, 0.2) is 48.8 Å². The molecule has 1 amide bonds. The summed E-state index contributed by atoms with van der Waals surface area (Å²) in [4.78, 5) is 20.4. The van der Waals surface area contributed by atoms with Crippen molar-refractivity contribution >= 4 is 34.2 Å². The normalized spacial score (nSPS) is 10.6. The van der Waals surface area contributed by atoms with Crippen LogP contribution in [0.1, 0.15) is 10.4 Å². The van der Waals surface area contributed by atoms with Crippen molar-refractivity contribution in [2.45, 2.75) is 0 Å². The molecule has 104 valence electrons. The third-order valence-electron chi connectivity index (χ3n) is 2.90. The highest BCUT2D eigenvalue weighted by Crippen LogP contribution is 2.20. The molecule has 0 atom stereocenters. The lowest BCUT2D eigenvalue weighted by molar-refractivity contribution is 0.102. The van der Waals surface area contributed by atoms with Crippen LogP contribution in [0.5, 0.6) is 0 Å². The summed E-state index contributed by atoms with van der Waals surface area (Å²) in [5.41, 5.74) is 2.17. The quantitative estimate of drug-likeness (QED) is 0.785. The molecule has 1 N–H and O–H groups in total. The molecule has 0 aliphatic heterocycles. The zero-order chi connectivity index (χ0) is 14.8. The number of aromatic nitrogens is 2. The lowest BCUT2D eigenvalue weighted by Gasteiger charge is -2.07. The fourth-order valence-electron chi connectivity index (χ4n) is 1.91. The number of nitrogens with one attached hydrogen (secondary N) is 1. The highest BCUT2D eigenvalue weighted by Gasteiger charge is 2.11. The molecule has 4 nitrogen and oxygen atoms in total. The van der Waals surface area contributed by atoms with Gasteiger partial charge in [-0.1, -0.05) is 11.6 Å². The molecule has 3 rings (SSSR count). The monoisotopic (exact) mass is 301 g/mol. The van der Waals surface area contributed by atoms with Crippen molar-refractivity contribution in [3.63, 3.8) is 0 Å². The summed E-state index contributed by atoms with van der Waals surface area (Å²) in [5.74, 6) is -0.902. The molecular weight excluding hydrogens is 293 g/mol. The molecular formula is C15H9ClFN3O. The van der Waals surface area contributed by atoms with Crippen LogP contribution in [0.2, 0.25) is 5.02 Å². The molecule has 1 heterocycles. The molecule has 3 aromatic rings. The van der Waals surface area contributed by atoms with E-state index in [2.05, 4.69) is 15.3 Å². The smallest absolute Gasteiger partial charge is 0.257 e. The molecule has 0 aliphatic carbocycles. The summed E-state index contributed by atoms with van der Waals surface area (Å²) in [6, 6.07) is 8.80. The predicted molar refractivity (Wildman–Crippen MR) is 78.9 cm³/mol. The first-order chi connectivity index (χ1) is 10.1. The minimum atomic E-state index is -0.488. The Morgan fingerprint density at radius 2 is 1.81 bits per heavy atom. The Labute approximate surface area is 124 Å². The molecule has 0 saturated carbocycles. The molecule has 0 aliphatic rings. The largest absolute Gasteiger partial charge is 0.322 e. The van der Waals surface area contributed by atoms with E-state index in [0.29, 0.717) is 11.2 Å². The lowest BCUT2D eigenvalue weighted by Crippen LogP contribution is -2.12. The van der Waals surface area contributed by atoms with Gasteiger partial charge in [0.15, 0.2) is 0 Å². The standard InChI is InChI=1S/C15H9ClFN3O/c16-12-7-9(17)1-3-11(12)15(21)20-10-2-4-13-14(8-10)19-6-5-18-13/h1-8H,(H,20,21). The zero-order valence-corrected chi connectivity index (χ0v) is 11.4. The van der Waals surface area contributed by atoms with Crippen LogP contribution in [0.4, 0.5) is 10.1 Å². The second kappa shape index (κ2) is 5.46. The Morgan fingerprint density at radius 1 is 1.05 bits per heavy atom. The van der Waals surface area contributed by atoms with Gasteiger partial charge in [-0.05, 0) is 36.4 Å². The molecule has 0 radical (unpaired) electrons. The van der Waals surface area contributed by atoms with Crippen LogP contribution in [0.25, 0.3) is 11.0 Å². The van der Waals surface area contributed by atoms with Crippen molar-refractivity contribution in [2.75, 3.05) is 5.32 Å². The summed E-state index contributed by atoms with van der Waals surface area (Å²) in [7, 11) is 0. The Morgan fingerprint density at radius 3 is 2.57 bits per heavy atom. The number of halogens is 2. The molecule has 2 aromatic carbocycles. The number of hydrogen-bond acceptors (Lipinski definition) is 3. The maximum atomic E-state index is 13.0. The number of hydrogen-bond donors (Lipinski definition) is 1. The molecule has 1 aromatic heterocycles. The number of carbonyl (C=O) groups is 1. The first kappa shape index (κ1) is 13.5. The van der Waals surface area contributed by atoms with E-state index >= 15 is 0 Å². The summed E-state index contributed by atoms with van der Waals surface area (Å²) in [6.45, 7) is 0. The highest BCUT2D eigenvalue weighted by atomic mass is 35.5. The van der Waals surface area contributed by atoms with Crippen molar-refractivity contribution in [1.82, 2.24) is 9.97 Å². The number of fused-ring (bicyclic) bond motifs is 1.